The molecule has 9 heteroatoms. The minimum Gasteiger partial charge on any atom is -0.388 e. The number of hydrogen-bond donors (Lipinski definition) is 4. The summed E-state index contributed by atoms with van der Waals surface area (Å²) in [6, 6.07) is 3.50. The molecular formula is C17H25F2O6P. The Balaban J connectivity index is 1.94. The van der Waals surface area contributed by atoms with Crippen LogP contribution < -0.4 is 0 Å². The summed E-state index contributed by atoms with van der Waals surface area (Å²) < 4.78 is 38.2. The smallest absolute Gasteiger partial charge is 0.186 e. The predicted octanol–water partition coefficient (Wildman–Crippen LogP) is 1.48. The summed E-state index contributed by atoms with van der Waals surface area (Å²) in [6.07, 6.45) is -6.33. The fourth-order valence-corrected chi connectivity index (χ4v) is 4.13. The third kappa shape index (κ3) is 5.39. The van der Waals surface area contributed by atoms with Crippen LogP contribution in [-0.2, 0) is 15.6 Å². The maximum absolute atomic E-state index is 13.7. The number of rotatable bonds is 7. The Morgan fingerprint density at radius 2 is 1.73 bits per heavy atom. The van der Waals surface area contributed by atoms with Crippen LogP contribution in [0.2, 0.25) is 0 Å². The Hall–Kier alpha value is -0.730. The van der Waals surface area contributed by atoms with Gasteiger partial charge in [-0.25, -0.2) is 8.78 Å². The van der Waals surface area contributed by atoms with Gasteiger partial charge in [0.2, 0.25) is 0 Å². The molecule has 1 fully saturated rings. The van der Waals surface area contributed by atoms with Gasteiger partial charge in [0.25, 0.3) is 0 Å². The second-order valence-corrected chi connectivity index (χ2v) is 8.35. The van der Waals surface area contributed by atoms with E-state index in [1.807, 2.05) is 0 Å². The summed E-state index contributed by atoms with van der Waals surface area (Å²) in [7, 11) is -1.75. The van der Waals surface area contributed by atoms with E-state index in [4.69, 9.17) is 9.47 Å². The van der Waals surface area contributed by atoms with Crippen molar-refractivity contribution in [1.82, 2.24) is 0 Å². The molecule has 2 rings (SSSR count). The third-order valence-corrected chi connectivity index (χ3v) is 5.60. The Kier molecular flexibility index (Phi) is 7.85. The van der Waals surface area contributed by atoms with E-state index in [-0.39, 0.29) is 30.4 Å². The van der Waals surface area contributed by atoms with E-state index in [1.54, 1.807) is 13.8 Å². The van der Waals surface area contributed by atoms with Crippen molar-refractivity contribution >= 4 is 8.15 Å². The zero-order valence-corrected chi connectivity index (χ0v) is 15.5. The molecule has 0 aromatic heterocycles. The van der Waals surface area contributed by atoms with Crippen LogP contribution in [0, 0.1) is 11.6 Å². The van der Waals surface area contributed by atoms with Gasteiger partial charge in [-0.15, -0.1) is 0 Å². The number of aliphatic hydroxyl groups is 3. The van der Waals surface area contributed by atoms with Gasteiger partial charge in [-0.1, -0.05) is 6.07 Å². The highest BCUT2D eigenvalue weighted by Crippen LogP contribution is 2.38. The van der Waals surface area contributed by atoms with Crippen LogP contribution in [0.3, 0.4) is 0 Å². The van der Waals surface area contributed by atoms with E-state index >= 15 is 0 Å². The topological polar surface area (TPSA) is 99.4 Å². The first-order valence-electron chi connectivity index (χ1n) is 8.42. The van der Waals surface area contributed by atoms with Crippen molar-refractivity contribution in [3.8, 4) is 0 Å². The molecule has 0 bridgehead atoms. The number of ether oxygens (including phenoxy) is 2. The van der Waals surface area contributed by atoms with Gasteiger partial charge in [-0.2, -0.15) is 0 Å². The molecule has 1 aliphatic heterocycles. The third-order valence-electron chi connectivity index (χ3n) is 4.15. The molecular weight excluding hydrogens is 369 g/mol. The van der Waals surface area contributed by atoms with E-state index < -0.39 is 50.5 Å². The normalized spacial score (nSPS) is 30.6. The molecule has 26 heavy (non-hydrogen) atoms. The molecule has 148 valence electrons. The van der Waals surface area contributed by atoms with Gasteiger partial charge >= 0.3 is 0 Å². The Labute approximate surface area is 152 Å². The van der Waals surface area contributed by atoms with E-state index in [0.717, 1.165) is 12.1 Å². The highest BCUT2D eigenvalue weighted by atomic mass is 31.1. The van der Waals surface area contributed by atoms with Crippen molar-refractivity contribution in [1.29, 1.82) is 0 Å². The highest BCUT2D eigenvalue weighted by molar-refractivity contribution is 7.50. The lowest BCUT2D eigenvalue weighted by atomic mass is 9.97. The zero-order chi connectivity index (χ0) is 19.4. The van der Waals surface area contributed by atoms with Gasteiger partial charge in [0.1, 0.15) is 29.9 Å². The average molecular weight is 394 g/mol. The zero-order valence-electron chi connectivity index (χ0n) is 14.6. The molecule has 1 aliphatic rings. The van der Waals surface area contributed by atoms with E-state index in [2.05, 4.69) is 0 Å². The standard InChI is InChI=1S/C17H25F2O6P/c1-9(2)24-17-16(22)15(21)14(20)13(25-17)6-7-26(23)8-10-11(18)4-3-5-12(10)19/h3-5,9,13-17,20-23H,6-8H2,1-2H3/t13?,14-,15?,16?,17+,26?/m1/s1. The molecule has 6 atom stereocenters. The molecule has 0 spiro atoms. The van der Waals surface area contributed by atoms with Gasteiger partial charge in [0.15, 0.2) is 6.29 Å². The number of halogens is 2. The lowest BCUT2D eigenvalue weighted by Gasteiger charge is -2.41. The molecule has 4 unspecified atom stereocenters. The van der Waals surface area contributed by atoms with Crippen molar-refractivity contribution in [2.45, 2.75) is 63.2 Å². The van der Waals surface area contributed by atoms with Crippen LogP contribution in [0.5, 0.6) is 0 Å². The fraction of sp³-hybridized carbons (Fsp3) is 0.647. The van der Waals surface area contributed by atoms with Crippen LogP contribution in [0.25, 0.3) is 0 Å². The van der Waals surface area contributed by atoms with Crippen LogP contribution >= 0.6 is 8.15 Å². The lowest BCUT2D eigenvalue weighted by Crippen LogP contribution is -2.58. The van der Waals surface area contributed by atoms with Gasteiger partial charge in [-0.05, 0) is 38.6 Å². The SMILES string of the molecule is CC(C)O[C@H]1OC(CCP(O)Cc2c(F)cccc2F)[C@@H](O)C(O)C1O. The second-order valence-electron chi connectivity index (χ2n) is 6.58. The van der Waals surface area contributed by atoms with Crippen molar-refractivity contribution in [3.63, 3.8) is 0 Å². The van der Waals surface area contributed by atoms with Crippen molar-refractivity contribution < 1.29 is 38.5 Å². The van der Waals surface area contributed by atoms with Crippen LogP contribution in [0.1, 0.15) is 25.8 Å². The highest BCUT2D eigenvalue weighted by Gasteiger charge is 2.44. The molecule has 4 N–H and O–H groups in total. The van der Waals surface area contributed by atoms with Crippen LogP contribution in [-0.4, -0.2) is 63.2 Å². The summed E-state index contributed by atoms with van der Waals surface area (Å²) in [4.78, 5) is 10.1. The first-order chi connectivity index (χ1) is 12.2. The van der Waals surface area contributed by atoms with Crippen LogP contribution in [0.15, 0.2) is 18.2 Å². The predicted molar refractivity (Wildman–Crippen MR) is 91.6 cm³/mol. The molecule has 6 nitrogen and oxygen atoms in total. The summed E-state index contributed by atoms with van der Waals surface area (Å²) >= 11 is 0. The molecule has 0 saturated carbocycles. The molecule has 1 aromatic carbocycles. The number of benzene rings is 1. The summed E-state index contributed by atoms with van der Waals surface area (Å²) in [5.41, 5.74) is -0.178. The van der Waals surface area contributed by atoms with Gasteiger partial charge < -0.3 is 29.7 Å². The van der Waals surface area contributed by atoms with Crippen LogP contribution in [0.4, 0.5) is 8.78 Å². The van der Waals surface area contributed by atoms with E-state index in [0.29, 0.717) is 0 Å². The molecule has 1 heterocycles. The molecule has 0 radical (unpaired) electrons. The lowest BCUT2D eigenvalue weighted by molar-refractivity contribution is -0.304. The van der Waals surface area contributed by atoms with Crippen molar-refractivity contribution in [2.75, 3.05) is 6.16 Å². The van der Waals surface area contributed by atoms with Gasteiger partial charge in [0, 0.05) is 19.9 Å². The van der Waals surface area contributed by atoms with E-state index in [9.17, 15) is 29.0 Å². The first-order valence-corrected chi connectivity index (χ1v) is 10.1. The molecule has 1 saturated heterocycles. The van der Waals surface area contributed by atoms with Gasteiger partial charge in [0.05, 0.1) is 12.2 Å². The summed E-state index contributed by atoms with van der Waals surface area (Å²) in [6.45, 7) is 3.47. The number of hydrogen-bond acceptors (Lipinski definition) is 6. The summed E-state index contributed by atoms with van der Waals surface area (Å²) in [5.74, 6) is -1.44. The number of aliphatic hydroxyl groups excluding tert-OH is 3. The molecule has 0 amide bonds. The van der Waals surface area contributed by atoms with Gasteiger partial charge in [-0.3, -0.25) is 0 Å². The minimum absolute atomic E-state index is 0.140. The quantitative estimate of drug-likeness (QED) is 0.523. The second kappa shape index (κ2) is 9.46. The van der Waals surface area contributed by atoms with Crippen molar-refractivity contribution in [3.05, 3.63) is 35.4 Å². The Bertz CT molecular complexity index is 570. The first kappa shape index (κ1) is 21.6. The largest absolute Gasteiger partial charge is 0.388 e. The Morgan fingerprint density at radius 3 is 2.31 bits per heavy atom. The molecule has 0 aliphatic carbocycles. The Morgan fingerprint density at radius 1 is 1.12 bits per heavy atom. The van der Waals surface area contributed by atoms with Crippen molar-refractivity contribution in [2.24, 2.45) is 0 Å². The van der Waals surface area contributed by atoms with E-state index in [1.165, 1.54) is 6.07 Å². The monoisotopic (exact) mass is 394 g/mol. The minimum atomic E-state index is -1.75. The summed E-state index contributed by atoms with van der Waals surface area (Å²) in [5, 5.41) is 29.9. The maximum Gasteiger partial charge on any atom is 0.186 e. The fourth-order valence-electron chi connectivity index (χ4n) is 2.76. The maximum atomic E-state index is 13.7. The average Bonchev–Trinajstić information content (AvgIpc) is 2.57. The molecule has 1 aromatic rings.